The summed E-state index contributed by atoms with van der Waals surface area (Å²) in [7, 11) is 1.56. The molecule has 0 bridgehead atoms. The van der Waals surface area contributed by atoms with E-state index in [9.17, 15) is 14.0 Å². The van der Waals surface area contributed by atoms with Crippen LogP contribution in [0.1, 0.15) is 31.1 Å². The molecule has 1 atom stereocenters. The zero-order valence-corrected chi connectivity index (χ0v) is 21.5. The molecule has 1 aromatic heterocycles. The van der Waals surface area contributed by atoms with Gasteiger partial charge in [-0.2, -0.15) is 0 Å². The zero-order valence-electron chi connectivity index (χ0n) is 21.5. The van der Waals surface area contributed by atoms with Crippen LogP contribution in [0, 0.1) is 5.82 Å². The topological polar surface area (TPSA) is 66.8 Å². The quantitative estimate of drug-likeness (QED) is 0.344. The van der Waals surface area contributed by atoms with Crippen LogP contribution in [0.3, 0.4) is 0 Å². The summed E-state index contributed by atoms with van der Waals surface area (Å²) < 4.78 is 21.1. The van der Waals surface area contributed by atoms with Gasteiger partial charge in [0.25, 0.3) is 0 Å². The van der Waals surface area contributed by atoms with E-state index in [2.05, 4.69) is 5.32 Å². The molecule has 0 fully saturated rings. The fourth-order valence-electron chi connectivity index (χ4n) is 4.83. The normalized spacial score (nSPS) is 14.0. The molecule has 3 aromatic carbocycles. The Kier molecular flexibility index (Phi) is 6.87. The number of hydrogen-bond acceptors (Lipinski definition) is 3. The molecule has 38 heavy (non-hydrogen) atoms. The minimum Gasteiger partial charge on any atom is -0.497 e. The lowest BCUT2D eigenvalue weighted by Crippen LogP contribution is -2.49. The molecule has 1 aliphatic rings. The van der Waals surface area contributed by atoms with Crippen molar-refractivity contribution in [2.24, 2.45) is 0 Å². The molecule has 7 nitrogen and oxygen atoms in total. The predicted molar refractivity (Wildman–Crippen MR) is 145 cm³/mol. The highest BCUT2D eigenvalue weighted by molar-refractivity contribution is 6.01. The van der Waals surface area contributed by atoms with Gasteiger partial charge in [0, 0.05) is 24.0 Å². The summed E-state index contributed by atoms with van der Waals surface area (Å²) in [5.41, 5.74) is 3.79. The summed E-state index contributed by atoms with van der Waals surface area (Å²) in [5.74, 6) is 0.0113. The Bertz CT molecular complexity index is 1460. The number of para-hydroxylation sites is 2. The number of rotatable bonds is 6. The van der Waals surface area contributed by atoms with Gasteiger partial charge in [-0.25, -0.2) is 9.18 Å². The van der Waals surface area contributed by atoms with Crippen molar-refractivity contribution in [3.05, 3.63) is 108 Å². The Morgan fingerprint density at radius 3 is 2.42 bits per heavy atom. The number of fused-ring (bicyclic) bond motifs is 3. The lowest BCUT2D eigenvalue weighted by molar-refractivity contribution is -0.119. The van der Waals surface area contributed by atoms with Gasteiger partial charge in [-0.15, -0.1) is 0 Å². The number of benzene rings is 3. The average molecular weight is 513 g/mol. The second-order valence-corrected chi connectivity index (χ2v) is 9.39. The predicted octanol–water partition coefficient (Wildman–Crippen LogP) is 6.00. The molecule has 0 saturated heterocycles. The number of halogens is 1. The standard InChI is InChI=1S/C30H29FN4O3/c1-20(2)34(30(37)32-23-8-6-9-24(18-23)38-3)19-28(36)35-26-11-5-4-10-25(26)33-17-7-12-27(33)29(35)21-13-15-22(31)16-14-21/h4-18,20,29H,19H2,1-3H3,(H,32,37). The molecule has 0 spiro atoms. The van der Waals surface area contributed by atoms with E-state index in [-0.39, 0.29) is 24.3 Å². The third kappa shape index (κ3) is 4.72. The third-order valence-corrected chi connectivity index (χ3v) is 6.68. The number of hydrogen-bond donors (Lipinski definition) is 1. The molecule has 0 saturated carbocycles. The molecule has 5 rings (SSSR count). The van der Waals surface area contributed by atoms with Gasteiger partial charge in [0.15, 0.2) is 0 Å². The minimum atomic E-state index is -0.497. The summed E-state index contributed by atoms with van der Waals surface area (Å²) >= 11 is 0. The average Bonchev–Trinajstić information content (AvgIpc) is 3.41. The maximum absolute atomic E-state index is 14.1. The van der Waals surface area contributed by atoms with Crippen LogP contribution in [0.5, 0.6) is 5.75 Å². The first-order chi connectivity index (χ1) is 18.4. The summed E-state index contributed by atoms with van der Waals surface area (Å²) in [6.45, 7) is 3.58. The second kappa shape index (κ2) is 10.4. The molecule has 0 radical (unpaired) electrons. The number of nitrogens with zero attached hydrogens (tertiary/aromatic N) is 3. The van der Waals surface area contributed by atoms with Crippen molar-refractivity contribution in [1.82, 2.24) is 9.47 Å². The van der Waals surface area contributed by atoms with Crippen LogP contribution in [-0.2, 0) is 4.79 Å². The third-order valence-electron chi connectivity index (χ3n) is 6.68. The largest absolute Gasteiger partial charge is 0.497 e. The zero-order chi connectivity index (χ0) is 26.8. The van der Waals surface area contributed by atoms with Crippen LogP contribution in [0.25, 0.3) is 5.69 Å². The van der Waals surface area contributed by atoms with E-state index in [1.807, 2.05) is 61.0 Å². The molecule has 1 N–H and O–H groups in total. The summed E-state index contributed by atoms with van der Waals surface area (Å²) in [5, 5.41) is 2.88. The lowest BCUT2D eigenvalue weighted by Gasteiger charge is -2.40. The van der Waals surface area contributed by atoms with Gasteiger partial charge >= 0.3 is 6.03 Å². The van der Waals surface area contributed by atoms with E-state index in [0.29, 0.717) is 17.1 Å². The molecular formula is C30H29FN4O3. The molecule has 8 heteroatoms. The van der Waals surface area contributed by atoms with Crippen LogP contribution in [0.4, 0.5) is 20.6 Å². The Labute approximate surface area is 221 Å². The molecule has 1 unspecified atom stereocenters. The molecule has 3 amide bonds. The van der Waals surface area contributed by atoms with E-state index >= 15 is 0 Å². The molecule has 2 heterocycles. The van der Waals surface area contributed by atoms with Crippen molar-refractivity contribution < 1.29 is 18.7 Å². The first-order valence-corrected chi connectivity index (χ1v) is 12.4. The summed E-state index contributed by atoms with van der Waals surface area (Å²) in [6, 6.07) is 23.6. The fourth-order valence-corrected chi connectivity index (χ4v) is 4.83. The molecular weight excluding hydrogens is 483 g/mol. The van der Waals surface area contributed by atoms with Crippen LogP contribution in [0.2, 0.25) is 0 Å². The van der Waals surface area contributed by atoms with Gasteiger partial charge in [-0.3, -0.25) is 9.69 Å². The SMILES string of the molecule is COc1cccc(NC(=O)N(CC(=O)N2c3ccccc3-n3cccc3C2c2ccc(F)cc2)C(C)C)c1. The van der Waals surface area contributed by atoms with E-state index in [4.69, 9.17) is 4.74 Å². The highest BCUT2D eigenvalue weighted by Crippen LogP contribution is 2.42. The maximum Gasteiger partial charge on any atom is 0.322 e. The van der Waals surface area contributed by atoms with E-state index in [0.717, 1.165) is 16.9 Å². The van der Waals surface area contributed by atoms with Crippen LogP contribution < -0.4 is 15.0 Å². The van der Waals surface area contributed by atoms with Crippen LogP contribution in [0.15, 0.2) is 91.1 Å². The number of methoxy groups -OCH3 is 1. The number of nitrogens with one attached hydrogen (secondary N) is 1. The summed E-state index contributed by atoms with van der Waals surface area (Å²) in [4.78, 5) is 30.7. The minimum absolute atomic E-state index is 0.153. The van der Waals surface area contributed by atoms with Crippen LogP contribution in [-0.4, -0.2) is 41.1 Å². The Hall–Kier alpha value is -4.59. The molecule has 0 aliphatic carbocycles. The number of amides is 3. The van der Waals surface area contributed by atoms with Crippen molar-refractivity contribution in [3.63, 3.8) is 0 Å². The van der Waals surface area contributed by atoms with Gasteiger partial charge in [0.1, 0.15) is 24.2 Å². The van der Waals surface area contributed by atoms with Crippen molar-refractivity contribution >= 4 is 23.3 Å². The highest BCUT2D eigenvalue weighted by atomic mass is 19.1. The summed E-state index contributed by atoms with van der Waals surface area (Å²) in [6.07, 6.45) is 1.95. The van der Waals surface area contributed by atoms with Gasteiger partial charge in [0.05, 0.1) is 24.2 Å². The van der Waals surface area contributed by atoms with E-state index < -0.39 is 12.1 Å². The van der Waals surface area contributed by atoms with Crippen molar-refractivity contribution in [2.75, 3.05) is 23.9 Å². The van der Waals surface area contributed by atoms with Crippen molar-refractivity contribution in [3.8, 4) is 11.4 Å². The van der Waals surface area contributed by atoms with Gasteiger partial charge < -0.3 is 19.5 Å². The number of carbonyl (C=O) groups excluding carboxylic acids is 2. The number of anilines is 2. The first-order valence-electron chi connectivity index (χ1n) is 12.4. The second-order valence-electron chi connectivity index (χ2n) is 9.39. The van der Waals surface area contributed by atoms with Gasteiger partial charge in [-0.05, 0) is 67.9 Å². The number of ether oxygens (including phenoxy) is 1. The monoisotopic (exact) mass is 512 g/mol. The van der Waals surface area contributed by atoms with E-state index in [1.54, 1.807) is 48.4 Å². The number of urea groups is 1. The molecule has 1 aliphatic heterocycles. The van der Waals surface area contributed by atoms with Gasteiger partial charge in [-0.1, -0.05) is 30.3 Å². The van der Waals surface area contributed by atoms with Crippen molar-refractivity contribution in [2.45, 2.75) is 25.9 Å². The Morgan fingerprint density at radius 1 is 0.974 bits per heavy atom. The maximum atomic E-state index is 14.1. The van der Waals surface area contributed by atoms with Crippen molar-refractivity contribution in [1.29, 1.82) is 0 Å². The molecule has 4 aromatic rings. The van der Waals surface area contributed by atoms with E-state index in [1.165, 1.54) is 17.0 Å². The van der Waals surface area contributed by atoms with Gasteiger partial charge in [0.2, 0.25) is 5.91 Å². The number of aromatic nitrogens is 1. The first kappa shape index (κ1) is 25.1. The fraction of sp³-hybridized carbons (Fsp3) is 0.200. The van der Waals surface area contributed by atoms with Crippen LogP contribution >= 0.6 is 0 Å². The Balaban J connectivity index is 1.50. The molecule has 194 valence electrons. The number of carbonyl (C=O) groups is 2. The Morgan fingerprint density at radius 2 is 1.71 bits per heavy atom. The lowest BCUT2D eigenvalue weighted by atomic mass is 9.97. The highest BCUT2D eigenvalue weighted by Gasteiger charge is 2.37. The smallest absolute Gasteiger partial charge is 0.322 e.